The van der Waals surface area contributed by atoms with Gasteiger partial charge in [-0.1, -0.05) is 0 Å². The Morgan fingerprint density at radius 2 is 2.19 bits per heavy atom. The van der Waals surface area contributed by atoms with Gasteiger partial charge in [0.15, 0.2) is 0 Å². The van der Waals surface area contributed by atoms with Crippen molar-refractivity contribution in [3.8, 4) is 0 Å². The minimum absolute atomic E-state index is 0. The van der Waals surface area contributed by atoms with Crippen molar-refractivity contribution in [2.45, 2.75) is 6.42 Å². The quantitative estimate of drug-likeness (QED) is 0.837. The Balaban J connectivity index is 0.00000225. The lowest BCUT2D eigenvalue weighted by atomic mass is 10.2. The van der Waals surface area contributed by atoms with Gasteiger partial charge in [0.25, 0.3) is 5.91 Å². The fourth-order valence-electron chi connectivity index (χ4n) is 1.07. The van der Waals surface area contributed by atoms with E-state index >= 15 is 0 Å². The molecule has 0 unspecified atom stereocenters. The van der Waals surface area contributed by atoms with Crippen molar-refractivity contribution in [2.75, 3.05) is 13.1 Å². The van der Waals surface area contributed by atoms with E-state index in [0.29, 0.717) is 29.5 Å². The number of carbonyl (C=O) groups excluding carboxylic acids is 1. The summed E-state index contributed by atoms with van der Waals surface area (Å²) >= 11 is 3.19. The van der Waals surface area contributed by atoms with Crippen LogP contribution >= 0.6 is 28.3 Å². The van der Waals surface area contributed by atoms with Gasteiger partial charge in [0, 0.05) is 11.0 Å². The average molecular weight is 312 g/mol. The standard InChI is InChI=1S/C10H12BrFN2O.ClH/c11-9-3-2-7(12)6-8(9)10(15)14-5-1-4-13;/h2-3,6H,1,4-5,13H2,(H,14,15);1H. The summed E-state index contributed by atoms with van der Waals surface area (Å²) in [5.41, 5.74) is 5.59. The Morgan fingerprint density at radius 1 is 1.50 bits per heavy atom. The van der Waals surface area contributed by atoms with E-state index in [1.807, 2.05) is 0 Å². The molecule has 0 saturated carbocycles. The minimum Gasteiger partial charge on any atom is -0.352 e. The van der Waals surface area contributed by atoms with Gasteiger partial charge in [-0.25, -0.2) is 4.39 Å². The number of rotatable bonds is 4. The molecular formula is C10H13BrClFN2O. The van der Waals surface area contributed by atoms with E-state index in [1.54, 1.807) is 0 Å². The van der Waals surface area contributed by atoms with E-state index in [0.717, 1.165) is 0 Å². The lowest BCUT2D eigenvalue weighted by molar-refractivity contribution is 0.0952. The maximum absolute atomic E-state index is 12.9. The molecule has 1 aromatic rings. The molecule has 0 aromatic heterocycles. The third-order valence-corrected chi connectivity index (χ3v) is 2.53. The van der Waals surface area contributed by atoms with Crippen molar-refractivity contribution in [3.05, 3.63) is 34.1 Å². The molecule has 0 aliphatic carbocycles. The maximum Gasteiger partial charge on any atom is 0.252 e. The highest BCUT2D eigenvalue weighted by Gasteiger charge is 2.09. The van der Waals surface area contributed by atoms with Crippen LogP contribution in [0.4, 0.5) is 4.39 Å². The van der Waals surface area contributed by atoms with Gasteiger partial charge in [0.2, 0.25) is 0 Å². The molecule has 3 nitrogen and oxygen atoms in total. The summed E-state index contributed by atoms with van der Waals surface area (Å²) in [6.45, 7) is 1.02. The van der Waals surface area contributed by atoms with Crippen LogP contribution in [0.3, 0.4) is 0 Å². The second-order valence-electron chi connectivity index (χ2n) is 3.02. The normalized spacial score (nSPS) is 9.44. The smallest absolute Gasteiger partial charge is 0.252 e. The lowest BCUT2D eigenvalue weighted by Gasteiger charge is -2.06. The molecule has 0 fully saturated rings. The van der Waals surface area contributed by atoms with Crippen LogP contribution in [-0.2, 0) is 0 Å². The number of hydrogen-bond acceptors (Lipinski definition) is 2. The molecule has 0 aliphatic rings. The van der Waals surface area contributed by atoms with Crippen molar-refractivity contribution in [2.24, 2.45) is 5.73 Å². The van der Waals surface area contributed by atoms with Crippen molar-refractivity contribution < 1.29 is 9.18 Å². The zero-order valence-corrected chi connectivity index (χ0v) is 10.9. The van der Waals surface area contributed by atoms with E-state index in [1.165, 1.54) is 18.2 Å². The molecule has 1 rings (SSSR count). The molecule has 0 atom stereocenters. The van der Waals surface area contributed by atoms with Gasteiger partial charge in [-0.15, -0.1) is 12.4 Å². The molecule has 0 aliphatic heterocycles. The van der Waals surface area contributed by atoms with Crippen molar-refractivity contribution in [1.29, 1.82) is 0 Å². The largest absolute Gasteiger partial charge is 0.352 e. The summed E-state index contributed by atoms with van der Waals surface area (Å²) in [5.74, 6) is -0.725. The predicted octanol–water partition coefficient (Wildman–Crippen LogP) is 2.09. The van der Waals surface area contributed by atoms with Gasteiger partial charge in [-0.2, -0.15) is 0 Å². The van der Waals surface area contributed by atoms with Crippen LogP contribution in [0.25, 0.3) is 0 Å². The first-order valence-corrected chi connectivity index (χ1v) is 5.37. The minimum atomic E-state index is -0.429. The third kappa shape index (κ3) is 4.47. The van der Waals surface area contributed by atoms with Gasteiger partial charge in [0.1, 0.15) is 5.82 Å². The monoisotopic (exact) mass is 310 g/mol. The highest BCUT2D eigenvalue weighted by atomic mass is 79.9. The topological polar surface area (TPSA) is 55.1 Å². The van der Waals surface area contributed by atoms with Crippen molar-refractivity contribution in [3.63, 3.8) is 0 Å². The van der Waals surface area contributed by atoms with Crippen LogP contribution in [-0.4, -0.2) is 19.0 Å². The second-order valence-corrected chi connectivity index (χ2v) is 3.88. The molecule has 3 N–H and O–H groups in total. The molecule has 6 heteroatoms. The van der Waals surface area contributed by atoms with E-state index in [9.17, 15) is 9.18 Å². The van der Waals surface area contributed by atoms with E-state index in [-0.39, 0.29) is 18.3 Å². The van der Waals surface area contributed by atoms with E-state index in [2.05, 4.69) is 21.2 Å². The Bertz CT molecular complexity index is 363. The number of carbonyl (C=O) groups is 1. The van der Waals surface area contributed by atoms with Crippen molar-refractivity contribution >= 4 is 34.2 Å². The van der Waals surface area contributed by atoms with E-state index < -0.39 is 5.82 Å². The number of nitrogens with two attached hydrogens (primary N) is 1. The summed E-state index contributed by atoms with van der Waals surface area (Å²) in [4.78, 5) is 11.5. The Hall–Kier alpha value is -0.650. The van der Waals surface area contributed by atoms with Gasteiger partial charge in [-0.3, -0.25) is 4.79 Å². The molecule has 90 valence electrons. The zero-order valence-electron chi connectivity index (χ0n) is 8.50. The molecule has 1 amide bonds. The molecule has 0 radical (unpaired) electrons. The summed E-state index contributed by atoms with van der Waals surface area (Å²) < 4.78 is 13.5. The Kier molecular flexibility index (Phi) is 7.29. The molecule has 16 heavy (non-hydrogen) atoms. The number of halogens is 3. The van der Waals surface area contributed by atoms with Gasteiger partial charge < -0.3 is 11.1 Å². The first kappa shape index (κ1) is 15.3. The fraction of sp³-hybridized carbons (Fsp3) is 0.300. The predicted molar refractivity (Wildman–Crippen MR) is 67.4 cm³/mol. The fourth-order valence-corrected chi connectivity index (χ4v) is 1.50. The first-order chi connectivity index (χ1) is 7.15. The van der Waals surface area contributed by atoms with Crippen LogP contribution in [0.2, 0.25) is 0 Å². The maximum atomic E-state index is 12.9. The lowest BCUT2D eigenvalue weighted by Crippen LogP contribution is -2.26. The third-order valence-electron chi connectivity index (χ3n) is 1.84. The van der Waals surface area contributed by atoms with Crippen LogP contribution in [0, 0.1) is 5.82 Å². The molecule has 0 heterocycles. The summed E-state index contributed by atoms with van der Waals surface area (Å²) in [6, 6.07) is 4.00. The Morgan fingerprint density at radius 3 is 2.81 bits per heavy atom. The molecule has 0 bridgehead atoms. The van der Waals surface area contributed by atoms with Crippen LogP contribution < -0.4 is 11.1 Å². The highest BCUT2D eigenvalue weighted by Crippen LogP contribution is 2.17. The molecule has 1 aromatic carbocycles. The summed E-state index contributed by atoms with van der Waals surface area (Å²) in [7, 11) is 0. The number of amides is 1. The second kappa shape index (κ2) is 7.60. The molecular weight excluding hydrogens is 298 g/mol. The van der Waals surface area contributed by atoms with E-state index in [4.69, 9.17) is 5.73 Å². The first-order valence-electron chi connectivity index (χ1n) is 4.58. The molecule has 0 spiro atoms. The number of nitrogens with one attached hydrogen (secondary N) is 1. The van der Waals surface area contributed by atoms with Crippen LogP contribution in [0.1, 0.15) is 16.8 Å². The van der Waals surface area contributed by atoms with Crippen molar-refractivity contribution in [1.82, 2.24) is 5.32 Å². The zero-order chi connectivity index (χ0) is 11.3. The van der Waals surface area contributed by atoms with Gasteiger partial charge in [-0.05, 0) is 47.1 Å². The number of benzene rings is 1. The average Bonchev–Trinajstić information content (AvgIpc) is 2.22. The summed E-state index contributed by atoms with van der Waals surface area (Å²) in [6.07, 6.45) is 0.707. The number of hydrogen-bond donors (Lipinski definition) is 2. The SMILES string of the molecule is Cl.NCCCNC(=O)c1cc(F)ccc1Br. The van der Waals surface area contributed by atoms with Gasteiger partial charge in [0.05, 0.1) is 5.56 Å². The van der Waals surface area contributed by atoms with Crippen LogP contribution in [0.15, 0.2) is 22.7 Å². The van der Waals surface area contributed by atoms with Crippen LogP contribution in [0.5, 0.6) is 0 Å². The molecule has 0 saturated heterocycles. The van der Waals surface area contributed by atoms with Gasteiger partial charge >= 0.3 is 0 Å². The highest BCUT2D eigenvalue weighted by molar-refractivity contribution is 9.10. The Labute approximate surface area is 108 Å². The summed E-state index contributed by atoms with van der Waals surface area (Å²) in [5, 5.41) is 2.65.